The first-order valence-corrected chi connectivity index (χ1v) is 16.2. The van der Waals surface area contributed by atoms with Crippen LogP contribution in [0.25, 0.3) is 55.7 Å². The molecule has 0 saturated carbocycles. The Morgan fingerprint density at radius 3 is 2.24 bits per heavy atom. The van der Waals surface area contributed by atoms with E-state index < -0.39 is 39.2 Å². The Balaban J connectivity index is 0.000000317. The number of benzene rings is 3. The average Bonchev–Trinajstić information content (AvgIpc) is 3.57. The molecule has 0 N–H and O–H groups in total. The molecular weight excluding hydrogens is 803 g/mol. The number of pyridine rings is 3. The van der Waals surface area contributed by atoms with Crippen LogP contribution in [0.5, 0.6) is 0 Å². The van der Waals surface area contributed by atoms with Crippen LogP contribution in [0.1, 0.15) is 94.2 Å². The number of rotatable bonds is 4. The van der Waals surface area contributed by atoms with Crippen molar-refractivity contribution < 1.29 is 43.7 Å². The van der Waals surface area contributed by atoms with Gasteiger partial charge in [-0.25, -0.2) is 4.98 Å². The molecule has 3 aromatic carbocycles. The van der Waals surface area contributed by atoms with Gasteiger partial charge >= 0.3 is 0 Å². The summed E-state index contributed by atoms with van der Waals surface area (Å²) in [5, 5.41) is 1.18. The maximum atomic E-state index is 8.69. The number of hydrogen-bond acceptors (Lipinski definition) is 4. The molecule has 4 aromatic heterocycles. The Labute approximate surface area is 336 Å². The Hall–Kier alpha value is -4.44. The Morgan fingerprint density at radius 1 is 0.745 bits per heavy atom. The summed E-state index contributed by atoms with van der Waals surface area (Å²) >= 11 is 0. The first-order chi connectivity index (χ1) is 29.3. The van der Waals surface area contributed by atoms with Crippen molar-refractivity contribution in [3.05, 3.63) is 137 Å². The number of aryl methyl sites for hydroxylation is 4. The van der Waals surface area contributed by atoms with Gasteiger partial charge in [-0.15, -0.1) is 53.6 Å². The second-order valence-corrected chi connectivity index (χ2v) is 14.2. The number of aromatic nitrogens is 3. The summed E-state index contributed by atoms with van der Waals surface area (Å²) in [7, 11) is 0. The SMILES string of the molecule is [2H]C([2H])([2H])c1c[c-]c(-c2ccc(C(C)(C)C)cn2)cc1.[2H]C([2H])([2H])c1ccc2c(n1)oc1c(-c3cc(-c4ccc(C([2H])([2H])C(C)(C)C)cc4C([2H])([2H])[2H])c(C([2H])([2H])[2H])cn3)[c-]ccc12.[Ir]. The molecule has 263 valence electrons. The zero-order valence-corrected chi connectivity index (χ0v) is 31.6. The van der Waals surface area contributed by atoms with Crippen LogP contribution in [0.2, 0.25) is 0 Å². The molecule has 0 amide bonds. The van der Waals surface area contributed by atoms with Crippen molar-refractivity contribution >= 4 is 22.1 Å². The first-order valence-electron chi connectivity index (χ1n) is 23.2. The molecule has 0 unspecified atom stereocenters. The van der Waals surface area contributed by atoms with E-state index in [9.17, 15) is 0 Å². The summed E-state index contributed by atoms with van der Waals surface area (Å²) in [6.45, 7) is 1.68. The molecule has 5 heteroatoms. The van der Waals surface area contributed by atoms with E-state index in [0.717, 1.165) is 11.3 Å². The van der Waals surface area contributed by atoms with Gasteiger partial charge in [0.05, 0.1) is 5.58 Å². The second-order valence-electron chi connectivity index (χ2n) is 14.2. The molecule has 0 spiro atoms. The van der Waals surface area contributed by atoms with Crippen LogP contribution in [0.15, 0.2) is 95.7 Å². The van der Waals surface area contributed by atoms with Crippen LogP contribution < -0.4 is 0 Å². The maximum Gasteiger partial charge on any atom is 0.216 e. The van der Waals surface area contributed by atoms with Gasteiger partial charge in [0.15, 0.2) is 0 Å². The number of fused-ring (bicyclic) bond motifs is 3. The van der Waals surface area contributed by atoms with Crippen molar-refractivity contribution in [3.63, 3.8) is 0 Å². The van der Waals surface area contributed by atoms with E-state index in [1.54, 1.807) is 51.1 Å². The van der Waals surface area contributed by atoms with Crippen LogP contribution in [0.4, 0.5) is 0 Å². The van der Waals surface area contributed by atoms with Gasteiger partial charge in [0.1, 0.15) is 0 Å². The summed E-state index contributed by atoms with van der Waals surface area (Å²) in [5.41, 5.74) is 3.10. The zero-order chi connectivity index (χ0) is 47.6. The summed E-state index contributed by atoms with van der Waals surface area (Å²) in [4.78, 5) is 13.0. The van der Waals surface area contributed by atoms with E-state index in [2.05, 4.69) is 47.9 Å². The monoisotopic (exact) mass is 864 g/mol. The molecule has 7 rings (SSSR count). The van der Waals surface area contributed by atoms with Gasteiger partial charge in [-0.1, -0.05) is 95.7 Å². The van der Waals surface area contributed by atoms with Crippen LogP contribution in [-0.2, 0) is 31.9 Å². The van der Waals surface area contributed by atoms with E-state index in [1.165, 1.54) is 48.2 Å². The Kier molecular flexibility index (Phi) is 6.84. The smallest absolute Gasteiger partial charge is 0.216 e. The minimum Gasteiger partial charge on any atom is -0.486 e. The van der Waals surface area contributed by atoms with Gasteiger partial charge in [-0.3, -0.25) is 0 Å². The minimum absolute atomic E-state index is 0. The summed E-state index contributed by atoms with van der Waals surface area (Å²) in [6, 6.07) is 27.0. The van der Waals surface area contributed by atoms with Crippen molar-refractivity contribution in [3.8, 4) is 33.6 Å². The van der Waals surface area contributed by atoms with E-state index >= 15 is 0 Å². The third kappa shape index (κ3) is 8.72. The zero-order valence-electron chi connectivity index (χ0n) is 43.2. The van der Waals surface area contributed by atoms with E-state index in [0.29, 0.717) is 27.5 Å². The molecule has 0 bridgehead atoms. The molecule has 0 saturated heterocycles. The van der Waals surface area contributed by atoms with Gasteiger partial charge in [0.2, 0.25) is 5.71 Å². The molecular formula is C46H47IrN3O-2. The quantitative estimate of drug-likeness (QED) is 0.165. The van der Waals surface area contributed by atoms with Gasteiger partial charge in [-0.05, 0) is 94.7 Å². The van der Waals surface area contributed by atoms with Gasteiger partial charge in [0, 0.05) is 62.8 Å². The predicted octanol–water partition coefficient (Wildman–Crippen LogP) is 12.2. The van der Waals surface area contributed by atoms with Gasteiger partial charge in [0.25, 0.3) is 0 Å². The minimum atomic E-state index is -2.70. The van der Waals surface area contributed by atoms with Crippen molar-refractivity contribution in [1.82, 2.24) is 15.0 Å². The number of hydrogen-bond donors (Lipinski definition) is 0. The normalized spacial score (nSPS) is 17.0. The Bertz CT molecular complexity index is 2760. The molecule has 0 aliphatic rings. The summed E-state index contributed by atoms with van der Waals surface area (Å²) in [6.07, 6.45) is 1.14. The Morgan fingerprint density at radius 2 is 1.57 bits per heavy atom. The molecule has 1 radical (unpaired) electrons. The third-order valence-electron chi connectivity index (χ3n) is 8.01. The molecule has 7 aromatic rings. The van der Waals surface area contributed by atoms with Crippen molar-refractivity contribution in [2.75, 3.05) is 0 Å². The maximum absolute atomic E-state index is 8.69. The predicted molar refractivity (Wildman–Crippen MR) is 208 cm³/mol. The fraction of sp³-hybridized carbons (Fsp3) is 0.283. The standard InChI is InChI=1S/C30H29N2O.C16H18N.Ir/c1-18-14-21(16-30(4,5)6)11-13-22(18)26-15-27(31-17-19(26)2)25-9-7-8-23-24-12-10-20(3)32-29(24)33-28(23)25;1-12-5-7-13(8-6-12)15-10-9-14(11-17-15)16(2,3)4;/h7-8,10-15,17H,16H2,1-6H3;5-7,9-11H,1-4H3;/q2*-1;/i1D3,2D3,3D3,16D2;1D3;. The van der Waals surface area contributed by atoms with Crippen molar-refractivity contribution in [2.45, 2.75) is 80.7 Å². The van der Waals surface area contributed by atoms with E-state index in [-0.39, 0.29) is 70.4 Å². The van der Waals surface area contributed by atoms with Crippen molar-refractivity contribution in [1.29, 1.82) is 0 Å². The summed E-state index contributed by atoms with van der Waals surface area (Å²) in [5.74, 6) is 0. The molecule has 4 heterocycles. The third-order valence-corrected chi connectivity index (χ3v) is 8.01. The molecule has 51 heavy (non-hydrogen) atoms. The largest absolute Gasteiger partial charge is 0.486 e. The first kappa shape index (κ1) is 23.2. The van der Waals surface area contributed by atoms with Crippen LogP contribution in [-0.4, -0.2) is 15.0 Å². The van der Waals surface area contributed by atoms with Gasteiger partial charge < -0.3 is 14.4 Å². The molecule has 4 nitrogen and oxygen atoms in total. The van der Waals surface area contributed by atoms with E-state index in [1.807, 2.05) is 18.3 Å². The van der Waals surface area contributed by atoms with Crippen molar-refractivity contribution in [2.24, 2.45) is 5.41 Å². The number of furan rings is 1. The average molecular weight is 864 g/mol. The second kappa shape index (κ2) is 15.0. The topological polar surface area (TPSA) is 51.8 Å². The fourth-order valence-corrected chi connectivity index (χ4v) is 5.50. The van der Waals surface area contributed by atoms with Crippen LogP contribution >= 0.6 is 0 Å². The number of nitrogens with zero attached hydrogens (tertiary/aromatic N) is 3. The fourth-order valence-electron chi connectivity index (χ4n) is 5.50. The van der Waals surface area contributed by atoms with E-state index in [4.69, 9.17) is 23.6 Å². The summed E-state index contributed by atoms with van der Waals surface area (Å²) < 4.78 is 118. The van der Waals surface area contributed by atoms with Crippen LogP contribution in [0, 0.1) is 45.0 Å². The van der Waals surface area contributed by atoms with Gasteiger partial charge in [-0.2, -0.15) is 0 Å². The molecule has 0 fully saturated rings. The molecule has 0 atom stereocenters. The molecule has 0 aliphatic heterocycles. The molecule has 0 aliphatic carbocycles. The van der Waals surface area contributed by atoms with Crippen LogP contribution in [0.3, 0.4) is 0 Å².